The van der Waals surface area contributed by atoms with E-state index in [0.29, 0.717) is 11.1 Å². The van der Waals surface area contributed by atoms with Crippen molar-refractivity contribution in [2.45, 2.75) is 0 Å². The zero-order chi connectivity index (χ0) is 10.1. The number of carboxylic acid groups (broad SMARTS) is 1. The molecule has 0 bridgehead atoms. The van der Waals surface area contributed by atoms with Gasteiger partial charge in [-0.2, -0.15) is 0 Å². The predicted molar refractivity (Wildman–Crippen MR) is 46.0 cm³/mol. The summed E-state index contributed by atoms with van der Waals surface area (Å²) in [6.07, 6.45) is 1.24. The number of hydrogen-bond acceptors (Lipinski definition) is 4. The summed E-state index contributed by atoms with van der Waals surface area (Å²) in [5.41, 5.74) is 1.09. The molecule has 0 saturated carbocycles. The Balaban J connectivity index is 2.54. The van der Waals surface area contributed by atoms with E-state index < -0.39 is 11.8 Å². The van der Waals surface area contributed by atoms with Crippen LogP contribution in [0.3, 0.4) is 0 Å². The molecule has 70 valence electrons. The van der Waals surface area contributed by atoms with Crippen LogP contribution in [0.4, 0.5) is 0 Å². The predicted octanol–water partition coefficient (Wildman–Crippen LogP) is 1.10. The Bertz CT molecular complexity index is 514. The van der Waals surface area contributed by atoms with Crippen LogP contribution in [0.5, 0.6) is 0 Å². The van der Waals surface area contributed by atoms with Crippen molar-refractivity contribution in [2.75, 3.05) is 0 Å². The quantitative estimate of drug-likeness (QED) is 0.567. The van der Waals surface area contributed by atoms with Gasteiger partial charge in [-0.3, -0.25) is 4.79 Å². The molecule has 1 N–H and O–H groups in total. The number of nitrogens with zero attached hydrogens (tertiary/aromatic N) is 1. The summed E-state index contributed by atoms with van der Waals surface area (Å²) in [4.78, 5) is 25.2. The van der Waals surface area contributed by atoms with Gasteiger partial charge in [0.1, 0.15) is 5.52 Å². The molecule has 0 amide bonds. The van der Waals surface area contributed by atoms with Gasteiger partial charge in [0.05, 0.1) is 0 Å². The van der Waals surface area contributed by atoms with Gasteiger partial charge in [-0.15, -0.1) is 0 Å². The Hall–Kier alpha value is -2.17. The van der Waals surface area contributed by atoms with E-state index in [-0.39, 0.29) is 5.56 Å². The van der Waals surface area contributed by atoms with E-state index in [1.807, 2.05) is 0 Å². The number of oxazole rings is 1. The molecule has 0 spiro atoms. The van der Waals surface area contributed by atoms with Crippen molar-refractivity contribution in [3.05, 3.63) is 30.2 Å². The highest BCUT2D eigenvalue weighted by Crippen LogP contribution is 2.14. The molecule has 14 heavy (non-hydrogen) atoms. The molecule has 0 atom stereocenters. The highest BCUT2D eigenvalue weighted by molar-refractivity contribution is 6.40. The lowest BCUT2D eigenvalue weighted by Gasteiger charge is -1.93. The minimum atomic E-state index is -1.48. The monoisotopic (exact) mass is 191 g/mol. The molecule has 0 aliphatic carbocycles. The molecule has 0 aliphatic rings. The Morgan fingerprint density at radius 1 is 1.36 bits per heavy atom. The molecule has 1 aromatic heterocycles. The van der Waals surface area contributed by atoms with Gasteiger partial charge in [-0.25, -0.2) is 9.78 Å². The SMILES string of the molecule is O=C(O)C(=O)c1ccc2ocnc2c1. The largest absolute Gasteiger partial charge is 0.475 e. The number of ketones is 1. The number of carbonyl (C=O) groups excluding carboxylic acids is 1. The molecule has 5 nitrogen and oxygen atoms in total. The van der Waals surface area contributed by atoms with E-state index in [0.717, 1.165) is 0 Å². The maximum absolute atomic E-state index is 11.1. The molecule has 0 unspecified atom stereocenters. The van der Waals surface area contributed by atoms with Gasteiger partial charge >= 0.3 is 5.97 Å². The lowest BCUT2D eigenvalue weighted by molar-refractivity contribution is -0.131. The van der Waals surface area contributed by atoms with Crippen LogP contribution >= 0.6 is 0 Å². The number of aromatic nitrogens is 1. The van der Waals surface area contributed by atoms with Gasteiger partial charge in [0, 0.05) is 5.56 Å². The Morgan fingerprint density at radius 3 is 2.86 bits per heavy atom. The molecule has 0 fully saturated rings. The summed E-state index contributed by atoms with van der Waals surface area (Å²) in [7, 11) is 0. The number of carbonyl (C=O) groups is 2. The fraction of sp³-hybridized carbons (Fsp3) is 0. The number of carboxylic acids is 1. The van der Waals surface area contributed by atoms with Crippen LogP contribution in [0, 0.1) is 0 Å². The van der Waals surface area contributed by atoms with E-state index in [9.17, 15) is 9.59 Å². The van der Waals surface area contributed by atoms with Crippen molar-refractivity contribution in [3.8, 4) is 0 Å². The lowest BCUT2D eigenvalue weighted by Crippen LogP contribution is -2.12. The second-order valence-corrected chi connectivity index (χ2v) is 2.67. The summed E-state index contributed by atoms with van der Waals surface area (Å²) in [5, 5.41) is 8.46. The third kappa shape index (κ3) is 1.24. The lowest BCUT2D eigenvalue weighted by atomic mass is 10.1. The van der Waals surface area contributed by atoms with Crippen LogP contribution in [0.15, 0.2) is 29.0 Å². The van der Waals surface area contributed by atoms with E-state index in [1.54, 1.807) is 0 Å². The first-order valence-electron chi connectivity index (χ1n) is 3.79. The third-order valence-electron chi connectivity index (χ3n) is 1.79. The molecular weight excluding hydrogens is 186 g/mol. The van der Waals surface area contributed by atoms with Gasteiger partial charge < -0.3 is 9.52 Å². The second kappa shape index (κ2) is 2.95. The Kier molecular flexibility index (Phi) is 1.78. The maximum Gasteiger partial charge on any atom is 0.377 e. The molecular formula is C9H5NO4. The molecule has 5 heteroatoms. The Labute approximate surface area is 78.0 Å². The van der Waals surface area contributed by atoms with Crippen LogP contribution in [-0.4, -0.2) is 21.8 Å². The molecule has 0 aliphatic heterocycles. The summed E-state index contributed by atoms with van der Waals surface area (Å²) < 4.78 is 4.94. The summed E-state index contributed by atoms with van der Waals surface area (Å²) in [5.74, 6) is -2.43. The van der Waals surface area contributed by atoms with Crippen molar-refractivity contribution in [1.82, 2.24) is 4.98 Å². The topological polar surface area (TPSA) is 80.4 Å². The van der Waals surface area contributed by atoms with Gasteiger partial charge in [-0.1, -0.05) is 0 Å². The third-order valence-corrected chi connectivity index (χ3v) is 1.79. The number of rotatable bonds is 2. The van der Waals surface area contributed by atoms with Gasteiger partial charge in [0.25, 0.3) is 5.78 Å². The van der Waals surface area contributed by atoms with Crippen LogP contribution < -0.4 is 0 Å². The minimum absolute atomic E-state index is 0.0962. The fourth-order valence-corrected chi connectivity index (χ4v) is 1.12. The van der Waals surface area contributed by atoms with Crippen molar-refractivity contribution in [2.24, 2.45) is 0 Å². The molecule has 2 rings (SSSR count). The fourth-order valence-electron chi connectivity index (χ4n) is 1.12. The first-order chi connectivity index (χ1) is 6.68. The number of fused-ring (bicyclic) bond motifs is 1. The van der Waals surface area contributed by atoms with Crippen LogP contribution in [0.2, 0.25) is 0 Å². The van der Waals surface area contributed by atoms with Crippen LogP contribution in [-0.2, 0) is 4.79 Å². The smallest absolute Gasteiger partial charge is 0.377 e. The van der Waals surface area contributed by atoms with Gasteiger partial charge in [0.15, 0.2) is 12.0 Å². The first-order valence-corrected chi connectivity index (χ1v) is 3.79. The normalized spacial score (nSPS) is 10.3. The summed E-state index contributed by atoms with van der Waals surface area (Å²) in [6, 6.07) is 4.29. The average molecular weight is 191 g/mol. The van der Waals surface area contributed by atoms with E-state index in [2.05, 4.69) is 4.98 Å². The van der Waals surface area contributed by atoms with Crippen LogP contribution in [0.25, 0.3) is 11.1 Å². The summed E-state index contributed by atoms with van der Waals surface area (Å²) in [6.45, 7) is 0. The van der Waals surface area contributed by atoms with Crippen LogP contribution in [0.1, 0.15) is 10.4 Å². The van der Waals surface area contributed by atoms with Crippen molar-refractivity contribution in [1.29, 1.82) is 0 Å². The van der Waals surface area contributed by atoms with E-state index >= 15 is 0 Å². The van der Waals surface area contributed by atoms with Gasteiger partial charge in [0.2, 0.25) is 0 Å². The minimum Gasteiger partial charge on any atom is -0.475 e. The average Bonchev–Trinajstić information content (AvgIpc) is 2.62. The van der Waals surface area contributed by atoms with Crippen molar-refractivity contribution >= 4 is 22.9 Å². The number of hydrogen-bond donors (Lipinski definition) is 1. The van der Waals surface area contributed by atoms with E-state index in [4.69, 9.17) is 9.52 Å². The zero-order valence-electron chi connectivity index (χ0n) is 6.93. The standard InChI is InChI=1S/C9H5NO4/c11-8(9(12)13)5-1-2-7-6(3-5)10-4-14-7/h1-4H,(H,12,13). The van der Waals surface area contributed by atoms with E-state index in [1.165, 1.54) is 24.6 Å². The number of Topliss-reactive ketones (excluding diaryl/α,β-unsaturated/α-hetero) is 1. The highest BCUT2D eigenvalue weighted by Gasteiger charge is 2.15. The van der Waals surface area contributed by atoms with Gasteiger partial charge in [-0.05, 0) is 18.2 Å². The Morgan fingerprint density at radius 2 is 2.14 bits per heavy atom. The zero-order valence-corrected chi connectivity index (χ0v) is 6.93. The summed E-state index contributed by atoms with van der Waals surface area (Å²) >= 11 is 0. The maximum atomic E-state index is 11.1. The van der Waals surface area contributed by atoms with Crippen molar-refractivity contribution in [3.63, 3.8) is 0 Å². The van der Waals surface area contributed by atoms with Crippen molar-refractivity contribution < 1.29 is 19.1 Å². The molecule has 2 aromatic rings. The first kappa shape index (κ1) is 8.43. The second-order valence-electron chi connectivity index (χ2n) is 2.67. The molecule has 0 radical (unpaired) electrons. The molecule has 1 aromatic carbocycles. The number of benzene rings is 1. The molecule has 1 heterocycles. The highest BCUT2D eigenvalue weighted by atomic mass is 16.4. The molecule has 0 saturated heterocycles. The number of aliphatic carboxylic acids is 1.